The average Bonchev–Trinajstić information content (AvgIpc) is 3.19. The third kappa shape index (κ3) is 63.9. The number of ether oxygens (including phenoxy) is 6. The number of esters is 6. The van der Waals surface area contributed by atoms with Gasteiger partial charge in [-0.15, -0.1) is 6.58 Å². The van der Waals surface area contributed by atoms with Gasteiger partial charge in [-0.25, -0.2) is 28.8 Å². The number of hydrogen-bond donors (Lipinski definition) is 0. The standard InChI is InChI=1S/C15H26O2.C8H12O2.C7H10O2.2C6H8O2.C5H6O2/c1-4-5-6-7-8-9-10-11-12-13-17-15(16)14(2)3;1-6(2)5-10-8(9)7(3)4;1-4-5-9-7(8)6(2)3;1-4-8-6(7)5(2)3;1-3-5-8-6(7)4-2;1-3-5(6)7-4-2/h4H,1-2,5-13H2,3H3;1,3,5H2,2,4H3;4H,1-2,5H2,3H3;4H,1-2H2,3H3;3-4H,1-2,5H2;3-4H,1-2H2. The maximum atomic E-state index is 11.0. The smallest absolute Gasteiger partial charge is 0.337 e. The highest BCUT2D eigenvalue weighted by Crippen LogP contribution is 2.09. The molecule has 0 heterocycles. The van der Waals surface area contributed by atoms with Gasteiger partial charge in [0.2, 0.25) is 0 Å². The van der Waals surface area contributed by atoms with Crippen molar-refractivity contribution < 1.29 is 57.2 Å². The van der Waals surface area contributed by atoms with E-state index in [0.717, 1.165) is 49.5 Å². The molecule has 0 fully saturated rings. The minimum absolute atomic E-state index is 0.255. The van der Waals surface area contributed by atoms with Crippen LogP contribution in [-0.2, 0) is 57.2 Å². The highest BCUT2D eigenvalue weighted by Gasteiger charge is 2.02. The Morgan fingerprint density at radius 2 is 0.814 bits per heavy atom. The molecule has 0 aromatic rings. The van der Waals surface area contributed by atoms with E-state index in [1.54, 1.807) is 34.6 Å². The fourth-order valence-electron chi connectivity index (χ4n) is 2.64. The maximum Gasteiger partial charge on any atom is 0.337 e. The van der Waals surface area contributed by atoms with Gasteiger partial charge in [-0.3, -0.25) is 0 Å². The first-order chi connectivity index (χ1) is 27.7. The van der Waals surface area contributed by atoms with Crippen LogP contribution in [0.5, 0.6) is 0 Å². The largest absolute Gasteiger partial charge is 0.462 e. The van der Waals surface area contributed by atoms with Crippen LogP contribution in [0.25, 0.3) is 0 Å². The summed E-state index contributed by atoms with van der Waals surface area (Å²) in [5, 5.41) is 0. The van der Waals surface area contributed by atoms with E-state index in [1.807, 2.05) is 6.08 Å². The first-order valence-electron chi connectivity index (χ1n) is 18.4. The van der Waals surface area contributed by atoms with Crippen molar-refractivity contribution in [3.8, 4) is 0 Å². The van der Waals surface area contributed by atoms with Crippen molar-refractivity contribution >= 4 is 35.8 Å². The first kappa shape index (κ1) is 64.6. The molecule has 0 aliphatic carbocycles. The third-order valence-electron chi connectivity index (χ3n) is 5.53. The zero-order valence-electron chi connectivity index (χ0n) is 36.4. The summed E-state index contributed by atoms with van der Waals surface area (Å²) < 4.78 is 27.3. The molecule has 0 aliphatic rings. The molecule has 0 spiro atoms. The molecule has 0 saturated heterocycles. The molecule has 12 heteroatoms. The van der Waals surface area contributed by atoms with Gasteiger partial charge in [0.1, 0.15) is 19.8 Å². The van der Waals surface area contributed by atoms with Crippen LogP contribution in [0, 0.1) is 0 Å². The van der Waals surface area contributed by atoms with E-state index in [-0.39, 0.29) is 37.7 Å². The van der Waals surface area contributed by atoms with Crippen LogP contribution in [-0.4, -0.2) is 62.2 Å². The van der Waals surface area contributed by atoms with Gasteiger partial charge in [0.25, 0.3) is 0 Å². The van der Waals surface area contributed by atoms with E-state index < -0.39 is 17.9 Å². The Hall–Kier alpha value is -6.30. The number of hydrogen-bond acceptors (Lipinski definition) is 12. The fraction of sp³-hybridized carbons (Fsp3) is 0.362. The normalized spacial score (nSPS) is 8.42. The van der Waals surface area contributed by atoms with Gasteiger partial charge in [-0.05, 0) is 59.5 Å². The number of allylic oxidation sites excluding steroid dienone is 1. The second-order valence-corrected chi connectivity index (χ2v) is 11.7. The molecule has 0 aliphatic heterocycles. The van der Waals surface area contributed by atoms with Gasteiger partial charge in [-0.1, -0.05) is 123 Å². The van der Waals surface area contributed by atoms with Crippen LogP contribution in [0.1, 0.15) is 86.0 Å². The summed E-state index contributed by atoms with van der Waals surface area (Å²) in [5.74, 6) is -2.31. The lowest BCUT2D eigenvalue weighted by Gasteiger charge is -2.04. The Labute approximate surface area is 354 Å². The molecule has 0 amide bonds. The summed E-state index contributed by atoms with van der Waals surface area (Å²) in [6.45, 7) is 50.0. The number of rotatable bonds is 24. The quantitative estimate of drug-likeness (QED) is 0.0227. The second-order valence-electron chi connectivity index (χ2n) is 11.7. The van der Waals surface area contributed by atoms with Crippen LogP contribution in [0.3, 0.4) is 0 Å². The van der Waals surface area contributed by atoms with Crippen LogP contribution in [0.15, 0.2) is 150 Å². The monoisotopic (exact) mass is 826 g/mol. The van der Waals surface area contributed by atoms with E-state index in [9.17, 15) is 28.8 Å². The molecular weight excluding hydrogens is 757 g/mol. The van der Waals surface area contributed by atoms with Gasteiger partial charge in [0.15, 0.2) is 0 Å². The Morgan fingerprint density at radius 3 is 1.15 bits per heavy atom. The van der Waals surface area contributed by atoms with Crippen LogP contribution >= 0.6 is 0 Å². The predicted molar refractivity (Wildman–Crippen MR) is 238 cm³/mol. The van der Waals surface area contributed by atoms with Crippen molar-refractivity contribution in [2.45, 2.75) is 86.0 Å². The lowest BCUT2D eigenvalue weighted by Crippen LogP contribution is -2.06. The molecule has 0 atom stereocenters. The van der Waals surface area contributed by atoms with Gasteiger partial charge >= 0.3 is 35.8 Å². The van der Waals surface area contributed by atoms with Gasteiger partial charge in [0.05, 0.1) is 19.1 Å². The van der Waals surface area contributed by atoms with Gasteiger partial charge in [-0.2, -0.15) is 0 Å². The molecule has 0 aromatic carbocycles. The van der Waals surface area contributed by atoms with Crippen LogP contribution in [0.2, 0.25) is 0 Å². The summed E-state index contributed by atoms with van der Waals surface area (Å²) in [5.41, 5.74) is 2.52. The Bertz CT molecular complexity index is 1390. The topological polar surface area (TPSA) is 158 Å². The lowest BCUT2D eigenvalue weighted by atomic mass is 10.1. The van der Waals surface area contributed by atoms with Crippen molar-refractivity contribution in [2.75, 3.05) is 26.4 Å². The Kier molecular flexibility index (Phi) is 54.4. The number of carbonyl (C=O) groups excluding carboxylic acids is 6. The Balaban J connectivity index is -0.000000148. The fourth-order valence-corrected chi connectivity index (χ4v) is 2.64. The molecule has 0 rings (SSSR count). The zero-order chi connectivity index (χ0) is 47.0. The van der Waals surface area contributed by atoms with Crippen molar-refractivity contribution in [2.24, 2.45) is 0 Å². The van der Waals surface area contributed by atoms with E-state index in [0.29, 0.717) is 28.9 Å². The second kappa shape index (κ2) is 49.7. The van der Waals surface area contributed by atoms with Gasteiger partial charge in [0, 0.05) is 34.4 Å². The third-order valence-corrected chi connectivity index (χ3v) is 5.53. The molecule has 12 nitrogen and oxygen atoms in total. The number of unbranched alkanes of at least 4 members (excludes halogenated alkanes) is 7. The summed E-state index contributed by atoms with van der Waals surface area (Å²) in [4.78, 5) is 62.8. The first-order valence-corrected chi connectivity index (χ1v) is 18.4. The molecule has 0 radical (unpaired) electrons. The van der Waals surface area contributed by atoms with Gasteiger partial charge < -0.3 is 28.4 Å². The molecule has 330 valence electrons. The van der Waals surface area contributed by atoms with E-state index in [4.69, 9.17) is 9.47 Å². The van der Waals surface area contributed by atoms with E-state index in [2.05, 4.69) is 97.9 Å². The maximum absolute atomic E-state index is 11.0. The van der Waals surface area contributed by atoms with Crippen molar-refractivity contribution in [3.63, 3.8) is 0 Å². The summed E-state index contributed by atoms with van der Waals surface area (Å²) >= 11 is 0. The highest BCUT2D eigenvalue weighted by atomic mass is 16.5. The average molecular weight is 827 g/mol. The van der Waals surface area contributed by atoms with Crippen molar-refractivity contribution in [3.05, 3.63) is 150 Å². The predicted octanol–water partition coefficient (Wildman–Crippen LogP) is 10.4. The van der Waals surface area contributed by atoms with E-state index >= 15 is 0 Å². The van der Waals surface area contributed by atoms with Crippen molar-refractivity contribution in [1.29, 1.82) is 0 Å². The minimum atomic E-state index is -0.477. The highest BCUT2D eigenvalue weighted by molar-refractivity contribution is 5.88. The SMILES string of the molecule is C=C(C)COC(=O)C(=C)C.C=CCCCCCCCCCOC(=O)C(=C)C.C=CCOC(=O)C(=C)C.C=CCOC(=O)C=C.C=COC(=O)C(=C)C.C=COC(=O)C=C. The van der Waals surface area contributed by atoms with E-state index in [1.165, 1.54) is 44.3 Å². The van der Waals surface area contributed by atoms with Crippen LogP contribution in [0.4, 0.5) is 0 Å². The summed E-state index contributed by atoms with van der Waals surface area (Å²) in [6, 6.07) is 0. The molecule has 0 saturated carbocycles. The molecule has 0 N–H and O–H groups in total. The minimum Gasteiger partial charge on any atom is -0.462 e. The lowest BCUT2D eigenvalue weighted by molar-refractivity contribution is -0.139. The molecular formula is C47H70O12. The van der Waals surface area contributed by atoms with Crippen LogP contribution < -0.4 is 0 Å². The molecule has 0 bridgehead atoms. The Morgan fingerprint density at radius 1 is 0.424 bits per heavy atom. The molecule has 0 unspecified atom stereocenters. The summed E-state index contributed by atoms with van der Waals surface area (Å²) in [6.07, 6.45) is 19.0. The molecule has 0 aromatic heterocycles. The summed E-state index contributed by atoms with van der Waals surface area (Å²) in [7, 11) is 0. The zero-order valence-corrected chi connectivity index (χ0v) is 36.4. The number of carbonyl (C=O) groups is 6. The molecule has 59 heavy (non-hydrogen) atoms. The van der Waals surface area contributed by atoms with Crippen molar-refractivity contribution in [1.82, 2.24) is 0 Å².